The van der Waals surface area contributed by atoms with Crippen molar-refractivity contribution in [2.24, 2.45) is 11.5 Å². The van der Waals surface area contributed by atoms with Crippen LogP contribution in [-0.2, 0) is 32.0 Å². The van der Waals surface area contributed by atoms with Gasteiger partial charge in [0.15, 0.2) is 0 Å². The van der Waals surface area contributed by atoms with Gasteiger partial charge in [0, 0.05) is 24.9 Å². The highest BCUT2D eigenvalue weighted by molar-refractivity contribution is 5.94. The van der Waals surface area contributed by atoms with Crippen LogP contribution in [0.15, 0.2) is 36.8 Å². The van der Waals surface area contributed by atoms with Crippen LogP contribution in [0.3, 0.4) is 0 Å². The number of amides is 3. The number of aliphatic carboxylic acids is 1. The number of carbonyl (C=O) groups excluding carboxylic acids is 3. The lowest BCUT2D eigenvalue weighted by Gasteiger charge is -2.28. The first-order valence-electron chi connectivity index (χ1n) is 13.0. The van der Waals surface area contributed by atoms with Gasteiger partial charge in [-0.05, 0) is 62.8 Å². The number of aromatic hydroxyl groups is 1. The number of hydrogen-bond donors (Lipinski definition) is 7. The monoisotopic (exact) mass is 543 g/mol. The molecule has 1 aromatic carbocycles. The summed E-state index contributed by atoms with van der Waals surface area (Å²) in [6.45, 7) is 0.758. The Hall–Kier alpha value is -3.97. The second-order valence-electron chi connectivity index (χ2n) is 9.69. The van der Waals surface area contributed by atoms with E-state index < -0.39 is 42.0 Å². The molecule has 13 heteroatoms. The molecule has 1 aliphatic heterocycles. The first kappa shape index (κ1) is 29.6. The van der Waals surface area contributed by atoms with Gasteiger partial charge in [-0.1, -0.05) is 12.1 Å². The number of nitrogens with two attached hydrogens (primary N) is 2. The minimum atomic E-state index is -1.18. The number of nitrogens with zero attached hydrogens (tertiary/aromatic N) is 2. The molecule has 1 aliphatic rings. The lowest BCUT2D eigenvalue weighted by atomic mass is 10.0. The zero-order valence-corrected chi connectivity index (χ0v) is 21.7. The number of carboxylic acid groups (broad SMARTS) is 1. The fraction of sp³-hybridized carbons (Fsp3) is 0.500. The van der Waals surface area contributed by atoms with Crippen molar-refractivity contribution in [3.63, 3.8) is 0 Å². The Morgan fingerprint density at radius 1 is 1.10 bits per heavy atom. The Morgan fingerprint density at radius 2 is 1.85 bits per heavy atom. The fourth-order valence-corrected chi connectivity index (χ4v) is 4.61. The highest BCUT2D eigenvalue weighted by Gasteiger charge is 2.38. The summed E-state index contributed by atoms with van der Waals surface area (Å²) < 4.78 is 0. The van der Waals surface area contributed by atoms with E-state index in [0.717, 1.165) is 5.56 Å². The zero-order chi connectivity index (χ0) is 28.4. The van der Waals surface area contributed by atoms with Crippen molar-refractivity contribution in [2.75, 3.05) is 13.1 Å². The molecule has 4 atom stereocenters. The standard InChI is InChI=1S/C26H37N7O6/c27-10-2-1-4-20(26(38)39)31-23(35)21(13-17-14-29-15-30-17)32-24(36)22-5-3-11-33(22)25(37)19(28)12-16-6-8-18(34)9-7-16/h6-9,14-15,19-22,34H,1-5,10-13,27-28H2,(H,29,30)(H,31,35)(H,32,36)(H,38,39). The number of phenolic OH excluding ortho intramolecular Hbond substituents is 1. The number of benzene rings is 1. The van der Waals surface area contributed by atoms with Crippen LogP contribution in [0, 0.1) is 0 Å². The molecular formula is C26H37N7O6. The summed E-state index contributed by atoms with van der Waals surface area (Å²) in [6.07, 6.45) is 5.56. The first-order valence-corrected chi connectivity index (χ1v) is 13.0. The van der Waals surface area contributed by atoms with Gasteiger partial charge in [0.25, 0.3) is 0 Å². The van der Waals surface area contributed by atoms with Gasteiger partial charge in [0.2, 0.25) is 17.7 Å². The Kier molecular flexibility index (Phi) is 10.8. The number of aromatic nitrogens is 2. The maximum absolute atomic E-state index is 13.3. The van der Waals surface area contributed by atoms with Gasteiger partial charge in [-0.2, -0.15) is 0 Å². The Morgan fingerprint density at radius 3 is 2.49 bits per heavy atom. The van der Waals surface area contributed by atoms with Gasteiger partial charge in [0.1, 0.15) is 23.9 Å². The van der Waals surface area contributed by atoms with Crippen LogP contribution in [0.5, 0.6) is 5.75 Å². The molecule has 1 aromatic heterocycles. The van der Waals surface area contributed by atoms with E-state index in [0.29, 0.717) is 44.5 Å². The van der Waals surface area contributed by atoms with Gasteiger partial charge in [-0.15, -0.1) is 0 Å². The predicted molar refractivity (Wildman–Crippen MR) is 141 cm³/mol. The zero-order valence-electron chi connectivity index (χ0n) is 21.7. The number of rotatable bonds is 14. The molecule has 39 heavy (non-hydrogen) atoms. The predicted octanol–water partition coefficient (Wildman–Crippen LogP) is -0.598. The number of phenols is 1. The average molecular weight is 544 g/mol. The number of nitrogens with one attached hydrogen (secondary N) is 3. The van der Waals surface area contributed by atoms with Crippen LogP contribution in [0.1, 0.15) is 43.4 Å². The largest absolute Gasteiger partial charge is 0.508 e. The van der Waals surface area contributed by atoms with Crippen LogP contribution in [0.2, 0.25) is 0 Å². The number of carbonyl (C=O) groups is 4. The van der Waals surface area contributed by atoms with Crippen molar-refractivity contribution >= 4 is 23.7 Å². The second kappa shape index (κ2) is 14.3. The number of likely N-dealkylation sites (tertiary alicyclic amines) is 1. The van der Waals surface area contributed by atoms with Gasteiger partial charge in [-0.3, -0.25) is 14.4 Å². The van der Waals surface area contributed by atoms with E-state index in [1.54, 1.807) is 12.1 Å². The molecule has 2 heterocycles. The number of aromatic amines is 1. The third-order valence-electron chi connectivity index (χ3n) is 6.72. The molecule has 2 aromatic rings. The summed E-state index contributed by atoms with van der Waals surface area (Å²) >= 11 is 0. The number of hydrogen-bond acceptors (Lipinski definition) is 8. The lowest BCUT2D eigenvalue weighted by Crippen LogP contribution is -2.57. The van der Waals surface area contributed by atoms with Crippen molar-refractivity contribution < 1.29 is 29.4 Å². The third kappa shape index (κ3) is 8.52. The smallest absolute Gasteiger partial charge is 0.326 e. The molecule has 3 rings (SSSR count). The summed E-state index contributed by atoms with van der Waals surface area (Å²) in [4.78, 5) is 59.6. The maximum atomic E-state index is 13.3. The summed E-state index contributed by atoms with van der Waals surface area (Å²) in [7, 11) is 0. The van der Waals surface area contributed by atoms with E-state index in [9.17, 15) is 29.4 Å². The molecule has 3 amide bonds. The van der Waals surface area contributed by atoms with Gasteiger partial charge in [-0.25, -0.2) is 9.78 Å². The molecule has 1 saturated heterocycles. The molecule has 0 aliphatic carbocycles. The Balaban J connectivity index is 1.68. The number of H-pyrrole nitrogens is 1. The summed E-state index contributed by atoms with van der Waals surface area (Å²) in [5, 5.41) is 24.3. The van der Waals surface area contributed by atoms with Crippen molar-refractivity contribution in [1.29, 1.82) is 0 Å². The highest BCUT2D eigenvalue weighted by atomic mass is 16.4. The Bertz CT molecular complexity index is 1110. The fourth-order valence-electron chi connectivity index (χ4n) is 4.61. The first-order chi connectivity index (χ1) is 18.7. The van der Waals surface area contributed by atoms with E-state index in [4.69, 9.17) is 11.5 Å². The SMILES string of the molecule is NCCCCC(NC(=O)C(Cc1cnc[nH]1)NC(=O)C1CCCN1C(=O)C(N)Cc1ccc(O)cc1)C(=O)O. The quantitative estimate of drug-likeness (QED) is 0.151. The maximum Gasteiger partial charge on any atom is 0.326 e. The normalized spacial score (nSPS) is 17.3. The van der Waals surface area contributed by atoms with Crippen LogP contribution in [0.25, 0.3) is 0 Å². The number of carboxylic acids is 1. The van der Waals surface area contributed by atoms with Crippen LogP contribution in [0.4, 0.5) is 0 Å². The number of unbranched alkanes of at least 4 members (excludes halogenated alkanes) is 1. The van der Waals surface area contributed by atoms with Crippen LogP contribution >= 0.6 is 0 Å². The molecule has 212 valence electrons. The van der Waals surface area contributed by atoms with Crippen molar-refractivity contribution in [3.05, 3.63) is 48.0 Å². The molecule has 1 fully saturated rings. The summed E-state index contributed by atoms with van der Waals surface area (Å²) in [5.41, 5.74) is 13.0. The van der Waals surface area contributed by atoms with E-state index in [2.05, 4.69) is 20.6 Å². The van der Waals surface area contributed by atoms with Gasteiger partial charge in [0.05, 0.1) is 12.4 Å². The lowest BCUT2D eigenvalue weighted by molar-refractivity contribution is -0.143. The Labute approximate surface area is 226 Å². The van der Waals surface area contributed by atoms with E-state index in [1.807, 2.05) is 0 Å². The van der Waals surface area contributed by atoms with Gasteiger partial charge >= 0.3 is 5.97 Å². The summed E-state index contributed by atoms with van der Waals surface area (Å²) in [5.74, 6) is -2.64. The minimum Gasteiger partial charge on any atom is -0.508 e. The van der Waals surface area contributed by atoms with Gasteiger partial charge < -0.3 is 42.2 Å². The molecule has 0 saturated carbocycles. The second-order valence-corrected chi connectivity index (χ2v) is 9.69. The van der Waals surface area contributed by atoms with Crippen molar-refractivity contribution in [2.45, 2.75) is 69.1 Å². The third-order valence-corrected chi connectivity index (χ3v) is 6.72. The van der Waals surface area contributed by atoms with E-state index in [-0.39, 0.29) is 30.9 Å². The van der Waals surface area contributed by atoms with Crippen LogP contribution < -0.4 is 22.1 Å². The molecule has 0 radical (unpaired) electrons. The average Bonchev–Trinajstić information content (AvgIpc) is 3.61. The molecular weight excluding hydrogens is 506 g/mol. The van der Waals surface area contributed by atoms with Crippen molar-refractivity contribution in [1.82, 2.24) is 25.5 Å². The number of imidazole rings is 1. The highest BCUT2D eigenvalue weighted by Crippen LogP contribution is 2.20. The topological polar surface area (TPSA) is 217 Å². The summed E-state index contributed by atoms with van der Waals surface area (Å²) in [6, 6.07) is 2.43. The molecule has 4 unspecified atom stereocenters. The van der Waals surface area contributed by atoms with Crippen molar-refractivity contribution in [3.8, 4) is 5.75 Å². The van der Waals surface area contributed by atoms with Crippen LogP contribution in [-0.4, -0.2) is 86.0 Å². The van der Waals surface area contributed by atoms with E-state index in [1.165, 1.54) is 29.6 Å². The molecule has 0 spiro atoms. The minimum absolute atomic E-state index is 0.0494. The van der Waals surface area contributed by atoms with E-state index >= 15 is 0 Å². The molecule has 0 bridgehead atoms. The molecule has 13 nitrogen and oxygen atoms in total. The molecule has 9 N–H and O–H groups in total.